The summed E-state index contributed by atoms with van der Waals surface area (Å²) in [5.41, 5.74) is 0. The third-order valence-corrected chi connectivity index (χ3v) is 5.37. The van der Waals surface area contributed by atoms with Crippen molar-refractivity contribution in [1.29, 1.82) is 0 Å². The fourth-order valence-corrected chi connectivity index (χ4v) is 4.23. The summed E-state index contributed by atoms with van der Waals surface area (Å²) in [6.45, 7) is 4.93. The molecule has 2 unspecified atom stereocenters. The van der Waals surface area contributed by atoms with Crippen LogP contribution in [0.4, 0.5) is 0 Å². The summed E-state index contributed by atoms with van der Waals surface area (Å²) in [6, 6.07) is -0.871. The number of carbonyl (C=O) groups excluding carboxylic acids is 1. The van der Waals surface area contributed by atoms with E-state index in [1.807, 2.05) is 13.8 Å². The van der Waals surface area contributed by atoms with Crippen molar-refractivity contribution in [2.75, 3.05) is 12.3 Å². The van der Waals surface area contributed by atoms with Crippen molar-refractivity contribution in [2.45, 2.75) is 50.6 Å². The van der Waals surface area contributed by atoms with E-state index in [2.05, 4.69) is 5.32 Å². The Hall–Kier alpha value is -0.750. The molecule has 6 heteroatoms. The Balaban J connectivity index is 2.15. The zero-order valence-electron chi connectivity index (χ0n) is 11.5. The Kier molecular flexibility index (Phi) is 4.73. The summed E-state index contributed by atoms with van der Waals surface area (Å²) in [6.07, 6.45) is 2.94. The van der Waals surface area contributed by atoms with Gasteiger partial charge in [-0.25, -0.2) is 4.79 Å². The normalized spacial score (nSPS) is 31.7. The molecule has 2 fully saturated rings. The molecule has 19 heavy (non-hydrogen) atoms. The van der Waals surface area contributed by atoms with Crippen LogP contribution >= 0.6 is 11.8 Å². The molecule has 0 aromatic heterocycles. The van der Waals surface area contributed by atoms with Gasteiger partial charge in [0.25, 0.3) is 0 Å². The molecule has 0 bridgehead atoms. The number of nitrogens with one attached hydrogen (secondary N) is 1. The summed E-state index contributed by atoms with van der Waals surface area (Å²) in [5.74, 6) is -0.158. The third-order valence-electron chi connectivity index (χ3n) is 3.75. The zero-order chi connectivity index (χ0) is 14.0. The molecule has 5 nitrogen and oxygen atoms in total. The highest BCUT2D eigenvalue weighted by Gasteiger charge is 2.44. The number of hydrogen-bond acceptors (Lipinski definition) is 4. The second-order valence-corrected chi connectivity index (χ2v) is 6.72. The molecule has 0 radical (unpaired) electrons. The lowest BCUT2D eigenvalue weighted by Gasteiger charge is -2.34. The minimum absolute atomic E-state index is 0.0164. The topological polar surface area (TPSA) is 69.6 Å². The van der Waals surface area contributed by atoms with Crippen LogP contribution in [-0.4, -0.2) is 51.6 Å². The largest absolute Gasteiger partial charge is 0.480 e. The summed E-state index contributed by atoms with van der Waals surface area (Å²) >= 11 is 1.58. The molecule has 2 aliphatic rings. The molecule has 1 amide bonds. The average molecular weight is 286 g/mol. The van der Waals surface area contributed by atoms with Crippen molar-refractivity contribution in [1.82, 2.24) is 10.2 Å². The van der Waals surface area contributed by atoms with Gasteiger partial charge in [-0.3, -0.25) is 4.79 Å². The van der Waals surface area contributed by atoms with Gasteiger partial charge in [0.1, 0.15) is 6.04 Å². The number of carboxylic acids is 1. The van der Waals surface area contributed by atoms with E-state index in [4.69, 9.17) is 0 Å². The fraction of sp³-hybridized carbons (Fsp3) is 0.846. The number of hydrogen-bond donors (Lipinski definition) is 2. The van der Waals surface area contributed by atoms with E-state index < -0.39 is 12.0 Å². The predicted molar refractivity (Wildman–Crippen MR) is 75.0 cm³/mol. The molecule has 2 heterocycles. The van der Waals surface area contributed by atoms with Crippen molar-refractivity contribution >= 4 is 23.6 Å². The monoisotopic (exact) mass is 286 g/mol. The number of thioether (sulfide) groups is 1. The van der Waals surface area contributed by atoms with Gasteiger partial charge in [0, 0.05) is 5.75 Å². The van der Waals surface area contributed by atoms with Crippen LogP contribution in [0.15, 0.2) is 0 Å². The first-order valence-corrected chi connectivity index (χ1v) is 7.97. The summed E-state index contributed by atoms with van der Waals surface area (Å²) in [5, 5.41) is 12.5. The standard InChI is InChI=1S/C13H22N2O3S/c1-8(2)12-15(10(7-19-12)13(17)18)11(16)9-5-3-4-6-14-9/h8-10,12,14H,3-7H2,1-2H3,(H,17,18)/t9-,10?,12?/m0/s1. The van der Waals surface area contributed by atoms with E-state index in [1.165, 1.54) is 0 Å². The predicted octanol–water partition coefficient (Wildman–Crippen LogP) is 1.14. The van der Waals surface area contributed by atoms with E-state index in [1.54, 1.807) is 16.7 Å². The fourth-order valence-electron chi connectivity index (χ4n) is 2.75. The molecule has 2 rings (SSSR count). The molecule has 3 atom stereocenters. The van der Waals surface area contributed by atoms with Crippen LogP contribution in [0.5, 0.6) is 0 Å². The Morgan fingerprint density at radius 3 is 2.63 bits per heavy atom. The van der Waals surface area contributed by atoms with Crippen molar-refractivity contribution < 1.29 is 14.7 Å². The van der Waals surface area contributed by atoms with Crippen LogP contribution < -0.4 is 5.32 Å². The molecule has 2 N–H and O–H groups in total. The van der Waals surface area contributed by atoms with E-state index in [-0.39, 0.29) is 23.2 Å². The van der Waals surface area contributed by atoms with Gasteiger partial charge in [-0.15, -0.1) is 11.8 Å². The molecule has 0 aliphatic carbocycles. The van der Waals surface area contributed by atoms with Crippen LogP contribution in [-0.2, 0) is 9.59 Å². The van der Waals surface area contributed by atoms with Gasteiger partial charge in [-0.05, 0) is 25.3 Å². The Labute approximate surface area is 118 Å². The first kappa shape index (κ1) is 14.7. The number of carboxylic acid groups (broad SMARTS) is 1. The van der Waals surface area contributed by atoms with Gasteiger partial charge >= 0.3 is 5.97 Å². The highest BCUT2D eigenvalue weighted by Crippen LogP contribution is 2.35. The van der Waals surface area contributed by atoms with Gasteiger partial charge in [0.15, 0.2) is 0 Å². The number of rotatable bonds is 3. The lowest BCUT2D eigenvalue weighted by molar-refractivity contribution is -0.150. The number of amides is 1. The highest BCUT2D eigenvalue weighted by molar-refractivity contribution is 8.00. The van der Waals surface area contributed by atoms with Crippen LogP contribution in [0.2, 0.25) is 0 Å². The van der Waals surface area contributed by atoms with E-state index in [0.29, 0.717) is 5.75 Å². The van der Waals surface area contributed by atoms with Crippen LogP contribution in [0.3, 0.4) is 0 Å². The molecular weight excluding hydrogens is 264 g/mol. The van der Waals surface area contributed by atoms with E-state index >= 15 is 0 Å². The van der Waals surface area contributed by atoms with Gasteiger partial charge < -0.3 is 15.3 Å². The van der Waals surface area contributed by atoms with Gasteiger partial charge in [0.2, 0.25) is 5.91 Å². The maximum Gasteiger partial charge on any atom is 0.327 e. The van der Waals surface area contributed by atoms with Crippen molar-refractivity contribution in [3.05, 3.63) is 0 Å². The number of piperidine rings is 1. The van der Waals surface area contributed by atoms with Gasteiger partial charge in [-0.1, -0.05) is 20.3 Å². The maximum absolute atomic E-state index is 12.6. The molecular formula is C13H22N2O3S. The first-order valence-electron chi connectivity index (χ1n) is 6.92. The van der Waals surface area contributed by atoms with Crippen molar-refractivity contribution in [3.8, 4) is 0 Å². The minimum Gasteiger partial charge on any atom is -0.480 e. The molecule has 0 aromatic rings. The van der Waals surface area contributed by atoms with Crippen molar-refractivity contribution in [3.63, 3.8) is 0 Å². The first-order chi connectivity index (χ1) is 9.02. The molecule has 2 saturated heterocycles. The Bertz CT molecular complexity index is 356. The number of carbonyl (C=O) groups is 2. The van der Waals surface area contributed by atoms with Crippen molar-refractivity contribution in [2.24, 2.45) is 5.92 Å². The zero-order valence-corrected chi connectivity index (χ0v) is 12.3. The van der Waals surface area contributed by atoms with Crippen LogP contribution in [0.1, 0.15) is 33.1 Å². The number of nitrogens with zero attached hydrogens (tertiary/aromatic N) is 1. The molecule has 108 valence electrons. The lowest BCUT2D eigenvalue weighted by atomic mass is 10.0. The Morgan fingerprint density at radius 1 is 1.37 bits per heavy atom. The van der Waals surface area contributed by atoms with Crippen LogP contribution in [0, 0.1) is 5.92 Å². The third kappa shape index (κ3) is 3.05. The second-order valence-electron chi connectivity index (χ2n) is 5.57. The quantitative estimate of drug-likeness (QED) is 0.814. The highest BCUT2D eigenvalue weighted by atomic mass is 32.2. The molecule has 2 aliphatic heterocycles. The van der Waals surface area contributed by atoms with Gasteiger partial charge in [0.05, 0.1) is 11.4 Å². The summed E-state index contributed by atoms with van der Waals surface area (Å²) in [7, 11) is 0. The van der Waals surface area contributed by atoms with E-state index in [0.717, 1.165) is 25.8 Å². The molecule has 0 saturated carbocycles. The minimum atomic E-state index is -0.889. The molecule has 0 aromatic carbocycles. The summed E-state index contributed by atoms with van der Waals surface area (Å²) in [4.78, 5) is 25.6. The molecule has 0 spiro atoms. The van der Waals surface area contributed by atoms with Gasteiger partial charge in [-0.2, -0.15) is 0 Å². The SMILES string of the molecule is CC(C)C1SCC(C(=O)O)N1C(=O)[C@@H]1CCCCN1. The number of aliphatic carboxylic acids is 1. The van der Waals surface area contributed by atoms with Crippen LogP contribution in [0.25, 0.3) is 0 Å². The second kappa shape index (κ2) is 6.13. The maximum atomic E-state index is 12.6. The Morgan fingerprint density at radius 2 is 2.11 bits per heavy atom. The van der Waals surface area contributed by atoms with E-state index in [9.17, 15) is 14.7 Å². The summed E-state index contributed by atoms with van der Waals surface area (Å²) < 4.78 is 0. The smallest absolute Gasteiger partial charge is 0.327 e. The average Bonchev–Trinajstić information content (AvgIpc) is 2.83. The lowest BCUT2D eigenvalue weighted by Crippen LogP contribution is -2.55.